The van der Waals surface area contributed by atoms with Gasteiger partial charge in [-0.3, -0.25) is 0 Å². The van der Waals surface area contributed by atoms with Gasteiger partial charge in [-0.05, 0) is 6.42 Å². The zero-order valence-electron chi connectivity index (χ0n) is 6.95. The average molecular weight is 188 g/mol. The minimum Gasteiger partial charge on any atom is -0.326 e. The summed E-state index contributed by atoms with van der Waals surface area (Å²) in [6.45, 7) is 0.405. The zero-order chi connectivity index (χ0) is 9.42. The third kappa shape index (κ3) is 1.41. The number of halogens is 2. The van der Waals surface area contributed by atoms with E-state index in [2.05, 4.69) is 10.2 Å². The average Bonchev–Trinajstić information content (AvgIpc) is 2.46. The molecule has 13 heavy (non-hydrogen) atoms. The lowest BCUT2D eigenvalue weighted by Gasteiger charge is -2.20. The lowest BCUT2D eigenvalue weighted by atomic mass is 10.1. The molecule has 1 aliphatic rings. The topological polar surface area (TPSA) is 56.7 Å². The van der Waals surface area contributed by atoms with E-state index in [1.165, 1.54) is 4.57 Å². The van der Waals surface area contributed by atoms with Gasteiger partial charge in [-0.2, -0.15) is 0 Å². The molecule has 1 aromatic rings. The van der Waals surface area contributed by atoms with Gasteiger partial charge in [0.25, 0.3) is 6.43 Å². The smallest absolute Gasteiger partial charge is 0.297 e. The number of rotatable bonds is 1. The predicted molar refractivity (Wildman–Crippen MR) is 41.3 cm³/mol. The summed E-state index contributed by atoms with van der Waals surface area (Å²) in [5, 5.41) is 7.13. The summed E-state index contributed by atoms with van der Waals surface area (Å²) < 4.78 is 26.1. The molecule has 0 spiro atoms. The first-order chi connectivity index (χ1) is 6.18. The van der Waals surface area contributed by atoms with Crippen LogP contribution in [0.2, 0.25) is 0 Å². The highest BCUT2D eigenvalue weighted by Crippen LogP contribution is 2.21. The van der Waals surface area contributed by atoms with Crippen molar-refractivity contribution in [1.29, 1.82) is 0 Å². The van der Waals surface area contributed by atoms with Crippen molar-refractivity contribution in [2.24, 2.45) is 5.73 Å². The fourth-order valence-electron chi connectivity index (χ4n) is 1.53. The lowest BCUT2D eigenvalue weighted by molar-refractivity contribution is 0.133. The maximum atomic E-state index is 12.4. The molecule has 0 aliphatic carbocycles. The second kappa shape index (κ2) is 3.02. The number of hydrogen-bond acceptors (Lipinski definition) is 3. The molecule has 0 aromatic carbocycles. The van der Waals surface area contributed by atoms with E-state index in [9.17, 15) is 8.78 Å². The van der Waals surface area contributed by atoms with E-state index >= 15 is 0 Å². The van der Waals surface area contributed by atoms with Crippen LogP contribution in [-0.2, 0) is 13.0 Å². The van der Waals surface area contributed by atoms with Crippen molar-refractivity contribution >= 4 is 0 Å². The highest BCUT2D eigenvalue weighted by Gasteiger charge is 2.24. The van der Waals surface area contributed by atoms with Crippen LogP contribution in [0.1, 0.15) is 24.5 Å². The summed E-state index contributed by atoms with van der Waals surface area (Å²) in [6, 6.07) is -0.0546. The van der Waals surface area contributed by atoms with Crippen LogP contribution in [-0.4, -0.2) is 20.8 Å². The van der Waals surface area contributed by atoms with Crippen LogP contribution in [0.4, 0.5) is 8.78 Å². The molecule has 0 radical (unpaired) electrons. The standard InChI is InChI=1S/C7H10F2N4/c8-6(9)7-12-11-5-2-1-4(10)3-13(5)7/h4,6H,1-3,10H2. The first-order valence-corrected chi connectivity index (χ1v) is 4.14. The second-order valence-corrected chi connectivity index (χ2v) is 3.18. The van der Waals surface area contributed by atoms with Crippen molar-refractivity contribution in [2.45, 2.75) is 31.9 Å². The highest BCUT2D eigenvalue weighted by atomic mass is 19.3. The van der Waals surface area contributed by atoms with Crippen LogP contribution < -0.4 is 5.73 Å². The van der Waals surface area contributed by atoms with E-state index in [1.54, 1.807) is 0 Å². The van der Waals surface area contributed by atoms with Gasteiger partial charge in [0.15, 0.2) is 5.82 Å². The molecule has 0 fully saturated rings. The molecule has 1 aliphatic heterocycles. The maximum Gasteiger partial charge on any atom is 0.297 e. The molecule has 72 valence electrons. The minimum absolute atomic E-state index is 0.0546. The lowest BCUT2D eigenvalue weighted by Crippen LogP contribution is -2.32. The number of aryl methyl sites for hydroxylation is 1. The largest absolute Gasteiger partial charge is 0.326 e. The number of nitrogens with zero attached hydrogens (tertiary/aromatic N) is 3. The molecule has 1 aromatic heterocycles. The van der Waals surface area contributed by atoms with E-state index < -0.39 is 6.43 Å². The molecular weight excluding hydrogens is 178 g/mol. The number of nitrogens with two attached hydrogens (primary N) is 1. The van der Waals surface area contributed by atoms with Crippen LogP contribution in [0.25, 0.3) is 0 Å². The van der Waals surface area contributed by atoms with E-state index in [4.69, 9.17) is 5.73 Å². The molecule has 0 saturated heterocycles. The van der Waals surface area contributed by atoms with Crippen molar-refractivity contribution in [2.75, 3.05) is 0 Å². The Morgan fingerprint density at radius 2 is 2.23 bits per heavy atom. The summed E-state index contributed by atoms with van der Waals surface area (Å²) in [5.74, 6) is 0.363. The van der Waals surface area contributed by atoms with Crippen molar-refractivity contribution in [3.8, 4) is 0 Å². The Morgan fingerprint density at radius 1 is 1.46 bits per heavy atom. The SMILES string of the molecule is NC1CCc2nnc(C(F)F)n2C1. The van der Waals surface area contributed by atoms with E-state index in [1.807, 2.05) is 0 Å². The minimum atomic E-state index is -2.56. The van der Waals surface area contributed by atoms with Gasteiger partial charge >= 0.3 is 0 Å². The maximum absolute atomic E-state index is 12.4. The quantitative estimate of drug-likeness (QED) is 0.697. The molecule has 6 heteroatoms. The van der Waals surface area contributed by atoms with Crippen LogP contribution in [0.3, 0.4) is 0 Å². The third-order valence-corrected chi connectivity index (χ3v) is 2.21. The number of alkyl halides is 2. The Kier molecular flexibility index (Phi) is 1.99. The van der Waals surface area contributed by atoms with Gasteiger partial charge in [-0.15, -0.1) is 10.2 Å². The van der Waals surface area contributed by atoms with Gasteiger partial charge in [0.2, 0.25) is 0 Å². The van der Waals surface area contributed by atoms with Gasteiger partial charge in [-0.25, -0.2) is 8.78 Å². The van der Waals surface area contributed by atoms with E-state index in [0.717, 1.165) is 6.42 Å². The Morgan fingerprint density at radius 3 is 2.92 bits per heavy atom. The number of aromatic nitrogens is 3. The molecular formula is C7H10F2N4. The third-order valence-electron chi connectivity index (χ3n) is 2.21. The summed E-state index contributed by atoms with van der Waals surface area (Å²) in [7, 11) is 0. The number of fused-ring (bicyclic) bond motifs is 1. The molecule has 2 heterocycles. The predicted octanol–water partition coefficient (Wildman–Crippen LogP) is 0.489. The molecule has 1 atom stereocenters. The fraction of sp³-hybridized carbons (Fsp3) is 0.714. The monoisotopic (exact) mass is 188 g/mol. The molecule has 0 amide bonds. The van der Waals surface area contributed by atoms with Gasteiger partial charge in [0.05, 0.1) is 0 Å². The Labute approximate surface area is 73.7 Å². The highest BCUT2D eigenvalue weighted by molar-refractivity contribution is 5.01. The molecule has 0 bridgehead atoms. The second-order valence-electron chi connectivity index (χ2n) is 3.18. The molecule has 4 nitrogen and oxygen atoms in total. The normalized spacial score (nSPS) is 22.0. The van der Waals surface area contributed by atoms with Crippen molar-refractivity contribution < 1.29 is 8.78 Å². The Bertz CT molecular complexity index is 309. The first-order valence-electron chi connectivity index (χ1n) is 4.14. The molecule has 0 saturated carbocycles. The Hall–Kier alpha value is -1.04. The van der Waals surface area contributed by atoms with E-state index in [-0.39, 0.29) is 11.9 Å². The number of hydrogen-bond donors (Lipinski definition) is 1. The van der Waals surface area contributed by atoms with E-state index in [0.29, 0.717) is 18.8 Å². The summed E-state index contributed by atoms with van der Waals surface area (Å²) in [4.78, 5) is 0. The van der Waals surface area contributed by atoms with Crippen LogP contribution in [0.5, 0.6) is 0 Å². The van der Waals surface area contributed by atoms with Gasteiger partial charge in [-0.1, -0.05) is 0 Å². The van der Waals surface area contributed by atoms with Crippen molar-refractivity contribution in [3.63, 3.8) is 0 Å². The summed E-state index contributed by atoms with van der Waals surface area (Å²) >= 11 is 0. The fourth-order valence-corrected chi connectivity index (χ4v) is 1.53. The van der Waals surface area contributed by atoms with Crippen LogP contribution in [0.15, 0.2) is 0 Å². The van der Waals surface area contributed by atoms with Crippen molar-refractivity contribution in [3.05, 3.63) is 11.6 Å². The summed E-state index contributed by atoms with van der Waals surface area (Å²) in [5.41, 5.74) is 5.66. The van der Waals surface area contributed by atoms with Gasteiger partial charge < -0.3 is 10.3 Å². The van der Waals surface area contributed by atoms with Crippen LogP contribution in [0, 0.1) is 0 Å². The zero-order valence-corrected chi connectivity index (χ0v) is 6.95. The molecule has 2 N–H and O–H groups in total. The van der Waals surface area contributed by atoms with Crippen LogP contribution >= 0.6 is 0 Å². The molecule has 2 rings (SSSR count). The summed E-state index contributed by atoms with van der Waals surface area (Å²) in [6.07, 6.45) is -1.13. The van der Waals surface area contributed by atoms with Crippen molar-refractivity contribution in [1.82, 2.24) is 14.8 Å². The Balaban J connectivity index is 2.35. The molecule has 1 unspecified atom stereocenters. The van der Waals surface area contributed by atoms with Gasteiger partial charge in [0.1, 0.15) is 5.82 Å². The van der Waals surface area contributed by atoms with Gasteiger partial charge in [0, 0.05) is 19.0 Å². The first kappa shape index (κ1) is 8.55.